The van der Waals surface area contributed by atoms with Gasteiger partial charge in [0.2, 0.25) is 0 Å². The molecule has 0 aliphatic rings. The van der Waals surface area contributed by atoms with Crippen molar-refractivity contribution >= 4 is 23.2 Å². The summed E-state index contributed by atoms with van der Waals surface area (Å²) in [4.78, 5) is 31.3. The first kappa shape index (κ1) is 18.2. The van der Waals surface area contributed by atoms with Crippen molar-refractivity contribution in [1.82, 2.24) is 19.6 Å². The van der Waals surface area contributed by atoms with Crippen LogP contribution in [0, 0.1) is 0 Å². The summed E-state index contributed by atoms with van der Waals surface area (Å²) in [6, 6.07) is 14.3. The Hall–Kier alpha value is -3.61. The maximum absolute atomic E-state index is 12.6. The number of nitrogens with zero attached hydrogens (tertiary/aromatic N) is 3. The van der Waals surface area contributed by atoms with Crippen LogP contribution in [-0.4, -0.2) is 47.4 Å². The second-order valence-electron chi connectivity index (χ2n) is 6.00. The Kier molecular flexibility index (Phi) is 5.21. The van der Waals surface area contributed by atoms with Crippen LogP contribution in [0.5, 0.6) is 0 Å². The third-order valence-electron chi connectivity index (χ3n) is 4.01. The van der Waals surface area contributed by atoms with Gasteiger partial charge in [-0.05, 0) is 24.3 Å². The number of benzene rings is 1. The van der Waals surface area contributed by atoms with E-state index in [1.54, 1.807) is 49.5 Å². The summed E-state index contributed by atoms with van der Waals surface area (Å²) in [5.74, 6) is -1.04. The van der Waals surface area contributed by atoms with Gasteiger partial charge in [-0.1, -0.05) is 24.3 Å². The lowest BCUT2D eigenvalue weighted by atomic mass is 10.2. The van der Waals surface area contributed by atoms with Crippen molar-refractivity contribution in [2.24, 2.45) is 0 Å². The van der Waals surface area contributed by atoms with Gasteiger partial charge >= 0.3 is 5.97 Å². The van der Waals surface area contributed by atoms with Crippen LogP contribution in [0.15, 0.2) is 66.6 Å². The maximum Gasteiger partial charge on any atom is 0.356 e. The lowest BCUT2D eigenvalue weighted by molar-refractivity contribution is -0.136. The summed E-state index contributed by atoms with van der Waals surface area (Å²) in [5, 5.41) is 2.70. The molecule has 0 atom stereocenters. The number of hydrogen-bond donors (Lipinski definition) is 1. The molecule has 1 amide bonds. The first-order valence-electron chi connectivity index (χ1n) is 8.31. The van der Waals surface area contributed by atoms with E-state index in [4.69, 9.17) is 4.74 Å². The number of carbonyl (C=O) groups excluding carboxylic acids is 2. The Morgan fingerprint density at radius 3 is 2.44 bits per heavy atom. The van der Waals surface area contributed by atoms with Gasteiger partial charge in [0.05, 0.1) is 24.7 Å². The molecule has 3 aromatic rings. The third-order valence-corrected chi connectivity index (χ3v) is 4.01. The van der Waals surface area contributed by atoms with Crippen molar-refractivity contribution in [2.45, 2.75) is 0 Å². The molecule has 0 bridgehead atoms. The van der Waals surface area contributed by atoms with Crippen molar-refractivity contribution in [3.8, 4) is 0 Å². The number of hydrogen-bond acceptors (Lipinski definition) is 5. The molecule has 0 saturated heterocycles. The molecule has 2 heterocycles. The lowest BCUT2D eigenvalue weighted by Crippen LogP contribution is -2.32. The van der Waals surface area contributed by atoms with Crippen molar-refractivity contribution < 1.29 is 14.3 Å². The van der Waals surface area contributed by atoms with Crippen LogP contribution < -0.4 is 5.32 Å². The zero-order valence-electron chi connectivity index (χ0n) is 15.3. The Labute approximate surface area is 156 Å². The SMILES string of the molecule is COC(=O)/C(NC(=O)c1ccccc1)=C(\c1cnc2ccccn12)N(C)C. The van der Waals surface area contributed by atoms with Crippen LogP contribution in [0.4, 0.5) is 0 Å². The minimum Gasteiger partial charge on any atom is -0.464 e. The molecule has 2 aromatic heterocycles. The van der Waals surface area contributed by atoms with Gasteiger partial charge in [0.25, 0.3) is 5.91 Å². The topological polar surface area (TPSA) is 75.9 Å². The molecule has 0 radical (unpaired) electrons. The van der Waals surface area contributed by atoms with E-state index in [0.717, 1.165) is 5.65 Å². The average molecular weight is 364 g/mol. The molecule has 7 heteroatoms. The predicted molar refractivity (Wildman–Crippen MR) is 102 cm³/mol. The van der Waals surface area contributed by atoms with E-state index >= 15 is 0 Å². The summed E-state index contributed by atoms with van der Waals surface area (Å²) in [6.07, 6.45) is 3.50. The zero-order chi connectivity index (χ0) is 19.4. The highest BCUT2D eigenvalue weighted by Gasteiger charge is 2.24. The van der Waals surface area contributed by atoms with Crippen molar-refractivity contribution in [2.75, 3.05) is 21.2 Å². The molecule has 0 fully saturated rings. The van der Waals surface area contributed by atoms with Gasteiger partial charge in [0.15, 0.2) is 5.70 Å². The van der Waals surface area contributed by atoms with E-state index < -0.39 is 11.9 Å². The monoisotopic (exact) mass is 364 g/mol. The molecule has 0 unspecified atom stereocenters. The molecule has 3 rings (SSSR count). The Balaban J connectivity index is 2.14. The third kappa shape index (κ3) is 3.67. The zero-order valence-corrected chi connectivity index (χ0v) is 15.3. The summed E-state index contributed by atoms with van der Waals surface area (Å²) in [5.41, 5.74) is 2.36. The molecular formula is C20H20N4O3. The van der Waals surface area contributed by atoms with Gasteiger partial charge in [-0.2, -0.15) is 0 Å². The van der Waals surface area contributed by atoms with Gasteiger partial charge < -0.3 is 15.0 Å². The number of carbonyl (C=O) groups is 2. The summed E-state index contributed by atoms with van der Waals surface area (Å²) >= 11 is 0. The van der Waals surface area contributed by atoms with E-state index in [0.29, 0.717) is 17.0 Å². The Bertz CT molecular complexity index is 1010. The number of pyridine rings is 1. The smallest absolute Gasteiger partial charge is 0.356 e. The van der Waals surface area contributed by atoms with Crippen LogP contribution in [-0.2, 0) is 9.53 Å². The fourth-order valence-corrected chi connectivity index (χ4v) is 2.77. The number of imidazole rings is 1. The first-order valence-corrected chi connectivity index (χ1v) is 8.31. The summed E-state index contributed by atoms with van der Waals surface area (Å²) < 4.78 is 6.76. The maximum atomic E-state index is 12.6. The highest BCUT2D eigenvalue weighted by molar-refractivity contribution is 6.04. The molecule has 27 heavy (non-hydrogen) atoms. The number of methoxy groups -OCH3 is 1. The number of amides is 1. The van der Waals surface area contributed by atoms with E-state index in [2.05, 4.69) is 10.3 Å². The standard InChI is InChI=1S/C20H20N4O3/c1-23(2)18(15-13-21-16-11-7-8-12-24(15)16)17(20(26)27-3)22-19(25)14-9-5-4-6-10-14/h4-13H,1-3H3,(H,22,25)/b18-17-. The molecule has 1 aromatic carbocycles. The van der Waals surface area contributed by atoms with E-state index in [9.17, 15) is 9.59 Å². The van der Waals surface area contributed by atoms with Crippen LogP contribution in [0.25, 0.3) is 11.3 Å². The van der Waals surface area contributed by atoms with Crippen molar-refractivity contribution in [3.05, 3.63) is 77.9 Å². The second kappa shape index (κ2) is 7.74. The van der Waals surface area contributed by atoms with Gasteiger partial charge in [-0.25, -0.2) is 9.78 Å². The normalized spacial score (nSPS) is 11.7. The molecule has 0 saturated carbocycles. The lowest BCUT2D eigenvalue weighted by Gasteiger charge is -2.21. The van der Waals surface area contributed by atoms with E-state index in [1.165, 1.54) is 7.11 Å². The van der Waals surface area contributed by atoms with Crippen LogP contribution in [0.1, 0.15) is 16.1 Å². The Morgan fingerprint density at radius 2 is 1.78 bits per heavy atom. The first-order chi connectivity index (χ1) is 13.0. The molecule has 7 nitrogen and oxygen atoms in total. The molecule has 0 spiro atoms. The van der Waals surface area contributed by atoms with E-state index in [1.807, 2.05) is 34.9 Å². The van der Waals surface area contributed by atoms with Gasteiger partial charge in [-0.3, -0.25) is 9.20 Å². The van der Waals surface area contributed by atoms with Gasteiger partial charge in [0.1, 0.15) is 5.65 Å². The number of aromatic nitrogens is 2. The number of nitrogens with one attached hydrogen (secondary N) is 1. The number of esters is 1. The minimum absolute atomic E-state index is 0.0435. The molecular weight excluding hydrogens is 344 g/mol. The molecule has 0 aliphatic carbocycles. The second-order valence-corrected chi connectivity index (χ2v) is 6.00. The molecule has 0 aliphatic heterocycles. The largest absolute Gasteiger partial charge is 0.464 e. The highest BCUT2D eigenvalue weighted by Crippen LogP contribution is 2.22. The highest BCUT2D eigenvalue weighted by atomic mass is 16.5. The van der Waals surface area contributed by atoms with Gasteiger partial charge in [-0.15, -0.1) is 0 Å². The fraction of sp³-hybridized carbons (Fsp3) is 0.150. The van der Waals surface area contributed by atoms with Gasteiger partial charge in [0, 0.05) is 25.9 Å². The van der Waals surface area contributed by atoms with E-state index in [-0.39, 0.29) is 5.70 Å². The summed E-state index contributed by atoms with van der Waals surface area (Å²) in [7, 11) is 4.85. The van der Waals surface area contributed by atoms with Crippen molar-refractivity contribution in [3.63, 3.8) is 0 Å². The fourth-order valence-electron chi connectivity index (χ4n) is 2.77. The summed E-state index contributed by atoms with van der Waals surface area (Å²) in [6.45, 7) is 0. The average Bonchev–Trinajstić information content (AvgIpc) is 3.11. The minimum atomic E-state index is -0.645. The molecule has 1 N–H and O–H groups in total. The number of fused-ring (bicyclic) bond motifs is 1. The number of ether oxygens (including phenoxy) is 1. The quantitative estimate of drug-likeness (QED) is 0.555. The Morgan fingerprint density at radius 1 is 1.07 bits per heavy atom. The van der Waals surface area contributed by atoms with Crippen LogP contribution in [0.3, 0.4) is 0 Å². The van der Waals surface area contributed by atoms with Crippen LogP contribution in [0.2, 0.25) is 0 Å². The number of rotatable bonds is 5. The van der Waals surface area contributed by atoms with Crippen molar-refractivity contribution in [1.29, 1.82) is 0 Å². The van der Waals surface area contributed by atoms with Crippen LogP contribution >= 0.6 is 0 Å². The molecule has 138 valence electrons. The predicted octanol–water partition coefficient (Wildman–Crippen LogP) is 2.17.